The van der Waals surface area contributed by atoms with Crippen molar-refractivity contribution in [2.75, 3.05) is 32.7 Å². The second-order valence-corrected chi connectivity index (χ2v) is 6.15. The van der Waals surface area contributed by atoms with Crippen LogP contribution in [0.3, 0.4) is 0 Å². The molecule has 0 radical (unpaired) electrons. The quantitative estimate of drug-likeness (QED) is 0.273. The lowest BCUT2D eigenvalue weighted by Crippen LogP contribution is -2.38. The molecule has 2 N–H and O–H groups in total. The van der Waals surface area contributed by atoms with E-state index in [-0.39, 0.29) is 29.9 Å². The molecule has 1 saturated heterocycles. The first-order valence-corrected chi connectivity index (χ1v) is 8.97. The van der Waals surface area contributed by atoms with Crippen molar-refractivity contribution >= 4 is 47.4 Å². The number of likely N-dealkylation sites (tertiary alicyclic amines) is 1. The zero-order valence-corrected chi connectivity index (χ0v) is 17.7. The Labute approximate surface area is 171 Å². The number of nitrogens with one attached hydrogen (secondary N) is 2. The van der Waals surface area contributed by atoms with Gasteiger partial charge < -0.3 is 15.5 Å². The molecular formula is C17H27ClIN5O. The molecule has 2 heterocycles. The molecule has 1 fully saturated rings. The minimum atomic E-state index is 0. The number of nitrogens with zero attached hydrogens (tertiary/aromatic N) is 3. The van der Waals surface area contributed by atoms with Gasteiger partial charge in [0.05, 0.1) is 6.54 Å². The van der Waals surface area contributed by atoms with Crippen LogP contribution >= 0.6 is 35.6 Å². The summed E-state index contributed by atoms with van der Waals surface area (Å²) in [5.74, 6) is 0.952. The van der Waals surface area contributed by atoms with E-state index < -0.39 is 0 Å². The third-order valence-corrected chi connectivity index (χ3v) is 4.12. The zero-order valence-electron chi connectivity index (χ0n) is 14.6. The molecule has 140 valence electrons. The number of aromatic nitrogens is 1. The number of halogens is 2. The molecule has 8 heteroatoms. The lowest BCUT2D eigenvalue weighted by molar-refractivity contribution is -0.129. The largest absolute Gasteiger partial charge is 0.357 e. The maximum absolute atomic E-state index is 12.0. The van der Waals surface area contributed by atoms with E-state index in [1.807, 2.05) is 17.9 Å². The molecule has 1 aliphatic heterocycles. The van der Waals surface area contributed by atoms with E-state index in [2.05, 4.69) is 20.6 Å². The minimum Gasteiger partial charge on any atom is -0.357 e. The molecule has 2 rings (SSSR count). The Morgan fingerprint density at radius 1 is 1.32 bits per heavy atom. The molecular weight excluding hydrogens is 453 g/mol. The van der Waals surface area contributed by atoms with Crippen LogP contribution in [0.15, 0.2) is 23.3 Å². The minimum absolute atomic E-state index is 0. The van der Waals surface area contributed by atoms with Crippen LogP contribution in [0.25, 0.3) is 0 Å². The predicted octanol–water partition coefficient (Wildman–Crippen LogP) is 2.46. The molecule has 1 aromatic rings. The summed E-state index contributed by atoms with van der Waals surface area (Å²) in [6, 6.07) is 3.76. The number of amides is 1. The van der Waals surface area contributed by atoms with Gasteiger partial charge in [-0.1, -0.05) is 17.7 Å². The van der Waals surface area contributed by atoms with Gasteiger partial charge in [0, 0.05) is 38.8 Å². The number of carbonyl (C=O) groups is 1. The Kier molecular flexibility index (Phi) is 10.8. The molecule has 0 bridgehead atoms. The number of rotatable bonds is 7. The highest BCUT2D eigenvalue weighted by Gasteiger charge is 2.16. The van der Waals surface area contributed by atoms with E-state index in [9.17, 15) is 4.79 Å². The first kappa shape index (κ1) is 22.0. The summed E-state index contributed by atoms with van der Waals surface area (Å²) in [4.78, 5) is 22.5. The first-order chi connectivity index (χ1) is 11.7. The molecule has 1 amide bonds. The Hall–Kier alpha value is -1.09. The maximum atomic E-state index is 12.0. The van der Waals surface area contributed by atoms with Gasteiger partial charge in [0.15, 0.2) is 5.96 Å². The lowest BCUT2D eigenvalue weighted by atomic mass is 10.2. The molecule has 0 aliphatic carbocycles. The second-order valence-electron chi connectivity index (χ2n) is 5.76. The summed E-state index contributed by atoms with van der Waals surface area (Å²) in [7, 11) is 0. The van der Waals surface area contributed by atoms with Gasteiger partial charge in [-0.2, -0.15) is 0 Å². The Balaban J connectivity index is 0.00000312. The molecule has 0 unspecified atom stereocenters. The van der Waals surface area contributed by atoms with E-state index in [1.165, 1.54) is 0 Å². The molecule has 0 aromatic carbocycles. The van der Waals surface area contributed by atoms with Gasteiger partial charge in [0.1, 0.15) is 5.15 Å². The average Bonchev–Trinajstić information content (AvgIpc) is 3.11. The fourth-order valence-corrected chi connectivity index (χ4v) is 2.72. The highest BCUT2D eigenvalue weighted by atomic mass is 127. The molecule has 0 saturated carbocycles. The fraction of sp³-hybridized carbons (Fsp3) is 0.588. The van der Waals surface area contributed by atoms with Crippen LogP contribution in [0.2, 0.25) is 5.15 Å². The van der Waals surface area contributed by atoms with Crippen molar-refractivity contribution in [2.24, 2.45) is 4.99 Å². The van der Waals surface area contributed by atoms with E-state index in [4.69, 9.17) is 11.6 Å². The number of aliphatic imine (C=N–C) groups is 1. The fourth-order valence-electron chi connectivity index (χ4n) is 2.61. The zero-order chi connectivity index (χ0) is 17.2. The van der Waals surface area contributed by atoms with Crippen molar-refractivity contribution in [2.45, 2.75) is 32.6 Å². The van der Waals surface area contributed by atoms with Crippen LogP contribution in [0.1, 0.15) is 31.7 Å². The van der Waals surface area contributed by atoms with Crippen LogP contribution < -0.4 is 10.6 Å². The van der Waals surface area contributed by atoms with Crippen LogP contribution in [0.5, 0.6) is 0 Å². The lowest BCUT2D eigenvalue weighted by Gasteiger charge is -2.15. The number of hydrogen-bond acceptors (Lipinski definition) is 3. The number of pyridine rings is 1. The molecule has 0 atom stereocenters. The Bertz CT molecular complexity index is 546. The third kappa shape index (κ3) is 8.22. The van der Waals surface area contributed by atoms with Crippen molar-refractivity contribution in [1.29, 1.82) is 0 Å². The molecule has 6 nitrogen and oxygen atoms in total. The summed E-state index contributed by atoms with van der Waals surface area (Å²) in [6.07, 6.45) is 5.33. The van der Waals surface area contributed by atoms with Crippen molar-refractivity contribution in [3.05, 3.63) is 29.0 Å². The van der Waals surface area contributed by atoms with Crippen LogP contribution in [-0.4, -0.2) is 54.5 Å². The SMILES string of the molecule is CCNC(=NCCC(=O)N1CCCC1)NCCc1ccc(Cl)nc1.I. The van der Waals surface area contributed by atoms with E-state index in [0.717, 1.165) is 57.0 Å². The standard InChI is InChI=1S/C17H26ClN5O.HI/c1-2-19-17(20-9-7-14-5-6-15(18)22-13-14)21-10-8-16(24)23-11-3-4-12-23;/h5-6,13H,2-4,7-12H2,1H3,(H2,19,20,21);1H. The highest BCUT2D eigenvalue weighted by molar-refractivity contribution is 14.0. The first-order valence-electron chi connectivity index (χ1n) is 8.59. The second kappa shape index (κ2) is 12.3. The molecule has 25 heavy (non-hydrogen) atoms. The van der Waals surface area contributed by atoms with Crippen molar-refractivity contribution in [3.63, 3.8) is 0 Å². The topological polar surface area (TPSA) is 69.6 Å². The van der Waals surface area contributed by atoms with E-state index in [0.29, 0.717) is 18.1 Å². The normalized spacial score (nSPS) is 14.2. The Morgan fingerprint density at radius 3 is 2.72 bits per heavy atom. The van der Waals surface area contributed by atoms with Gasteiger partial charge in [-0.25, -0.2) is 4.98 Å². The number of guanidine groups is 1. The number of carbonyl (C=O) groups excluding carboxylic acids is 1. The number of hydrogen-bond donors (Lipinski definition) is 2. The monoisotopic (exact) mass is 479 g/mol. The van der Waals surface area contributed by atoms with E-state index >= 15 is 0 Å². The maximum Gasteiger partial charge on any atom is 0.224 e. The van der Waals surface area contributed by atoms with Gasteiger partial charge in [-0.05, 0) is 37.8 Å². The van der Waals surface area contributed by atoms with Gasteiger partial charge in [0.2, 0.25) is 5.91 Å². The van der Waals surface area contributed by atoms with E-state index in [1.54, 1.807) is 12.3 Å². The predicted molar refractivity (Wildman–Crippen MR) is 113 cm³/mol. The molecule has 0 spiro atoms. The highest BCUT2D eigenvalue weighted by Crippen LogP contribution is 2.08. The molecule has 1 aliphatic rings. The average molecular weight is 480 g/mol. The van der Waals surface area contributed by atoms with Gasteiger partial charge in [-0.3, -0.25) is 9.79 Å². The smallest absolute Gasteiger partial charge is 0.224 e. The van der Waals surface area contributed by atoms with Gasteiger partial charge in [0.25, 0.3) is 0 Å². The third-order valence-electron chi connectivity index (χ3n) is 3.89. The van der Waals surface area contributed by atoms with Crippen LogP contribution in [-0.2, 0) is 11.2 Å². The summed E-state index contributed by atoms with van der Waals surface area (Å²) in [5.41, 5.74) is 1.12. The Morgan fingerprint density at radius 2 is 2.08 bits per heavy atom. The van der Waals surface area contributed by atoms with Crippen molar-refractivity contribution in [1.82, 2.24) is 20.5 Å². The van der Waals surface area contributed by atoms with Gasteiger partial charge in [-0.15, -0.1) is 24.0 Å². The summed E-state index contributed by atoms with van der Waals surface area (Å²) in [6.45, 7) is 5.86. The van der Waals surface area contributed by atoms with Crippen LogP contribution in [0.4, 0.5) is 0 Å². The van der Waals surface area contributed by atoms with Gasteiger partial charge >= 0.3 is 0 Å². The molecule has 1 aromatic heterocycles. The summed E-state index contributed by atoms with van der Waals surface area (Å²) in [5, 5.41) is 6.98. The van der Waals surface area contributed by atoms with Crippen LogP contribution in [0, 0.1) is 0 Å². The van der Waals surface area contributed by atoms with Crippen molar-refractivity contribution in [3.8, 4) is 0 Å². The van der Waals surface area contributed by atoms with Crippen molar-refractivity contribution < 1.29 is 4.79 Å². The summed E-state index contributed by atoms with van der Waals surface area (Å²) >= 11 is 5.78. The summed E-state index contributed by atoms with van der Waals surface area (Å²) < 4.78 is 0.